The van der Waals surface area contributed by atoms with Crippen molar-refractivity contribution in [1.82, 2.24) is 9.29 Å². The third-order valence-corrected chi connectivity index (χ3v) is 7.15. The number of anilines is 1. The summed E-state index contributed by atoms with van der Waals surface area (Å²) in [5.74, 6) is 0.592. The lowest BCUT2D eigenvalue weighted by Gasteiger charge is -2.21. The highest BCUT2D eigenvalue weighted by molar-refractivity contribution is 7.89. The Hall–Kier alpha value is -3.43. The number of ether oxygens (including phenoxy) is 2. The molecule has 0 unspecified atom stereocenters. The number of fused-ring (bicyclic) bond motifs is 2. The molecular weight excluding hydrogens is 430 g/mol. The molecule has 0 fully saturated rings. The summed E-state index contributed by atoms with van der Waals surface area (Å²) in [6.07, 6.45) is 3.06. The van der Waals surface area contributed by atoms with Crippen LogP contribution in [-0.2, 0) is 10.0 Å². The summed E-state index contributed by atoms with van der Waals surface area (Å²) < 4.78 is 40.0. The molecule has 0 radical (unpaired) electrons. The van der Waals surface area contributed by atoms with E-state index in [0.717, 1.165) is 5.56 Å². The molecule has 8 nitrogen and oxygen atoms in total. The smallest absolute Gasteiger partial charge is 0.259 e. The molecule has 2 heterocycles. The predicted octanol–water partition coefficient (Wildman–Crippen LogP) is 4.57. The van der Waals surface area contributed by atoms with Crippen LogP contribution in [-0.4, -0.2) is 36.7 Å². The molecule has 0 saturated carbocycles. The number of aryl methyl sites for hydroxylation is 1. The first kappa shape index (κ1) is 21.8. The van der Waals surface area contributed by atoms with Gasteiger partial charge in [0.05, 0.1) is 17.4 Å². The van der Waals surface area contributed by atoms with E-state index in [0.29, 0.717) is 17.2 Å². The van der Waals surface area contributed by atoms with Gasteiger partial charge in [0.2, 0.25) is 10.0 Å². The number of carbonyl (C=O) groups excluding carboxylic acids is 1. The zero-order valence-corrected chi connectivity index (χ0v) is 18.8. The number of hydrogen-bond donors (Lipinski definition) is 1. The molecule has 0 aliphatic carbocycles. The fourth-order valence-electron chi connectivity index (χ4n) is 3.46. The maximum atomic E-state index is 13.4. The summed E-state index contributed by atoms with van der Waals surface area (Å²) in [5, 5.41) is 2.80. The van der Waals surface area contributed by atoms with Gasteiger partial charge in [-0.1, -0.05) is 19.9 Å². The molecule has 1 aliphatic heterocycles. The Morgan fingerprint density at radius 3 is 2.56 bits per heavy atom. The molecular formula is C23H23N3O5S. The van der Waals surface area contributed by atoms with E-state index in [1.807, 2.05) is 13.0 Å². The predicted molar refractivity (Wildman–Crippen MR) is 120 cm³/mol. The van der Waals surface area contributed by atoms with Crippen molar-refractivity contribution in [2.75, 3.05) is 18.4 Å². The second kappa shape index (κ2) is 8.60. The van der Waals surface area contributed by atoms with Gasteiger partial charge >= 0.3 is 0 Å². The molecule has 32 heavy (non-hydrogen) atoms. The Morgan fingerprint density at radius 2 is 1.88 bits per heavy atom. The quantitative estimate of drug-likeness (QED) is 0.587. The van der Waals surface area contributed by atoms with Crippen LogP contribution in [0.15, 0.2) is 59.8 Å². The van der Waals surface area contributed by atoms with Gasteiger partial charge in [0, 0.05) is 25.4 Å². The van der Waals surface area contributed by atoms with Gasteiger partial charge in [0.1, 0.15) is 16.4 Å². The van der Waals surface area contributed by atoms with Crippen LogP contribution in [0.4, 0.5) is 5.69 Å². The molecule has 0 saturated heterocycles. The van der Waals surface area contributed by atoms with Crippen LogP contribution in [0, 0.1) is 6.92 Å². The maximum absolute atomic E-state index is 13.4. The van der Waals surface area contributed by atoms with Crippen molar-refractivity contribution in [3.8, 4) is 23.0 Å². The second-order valence-corrected chi connectivity index (χ2v) is 9.14. The number of sulfonamides is 1. The molecule has 0 bridgehead atoms. The zero-order chi connectivity index (χ0) is 22.9. The standard InChI is InChI=1S/C23H23N3O5S/c1-4-26(5-2)32(28,29)22-12-17-20(13-21(22)30-16-7-6-10-24-14-16)31-19-9-8-15(3)11-18(19)25-23(17)27/h6-14H,4-5H2,1-3H3,(H,25,27). The molecule has 4 rings (SSSR count). The Labute approximate surface area is 186 Å². The lowest BCUT2D eigenvalue weighted by atomic mass is 10.1. The fourth-order valence-corrected chi connectivity index (χ4v) is 5.04. The molecule has 1 aromatic heterocycles. The first-order valence-corrected chi connectivity index (χ1v) is 11.6. The van der Waals surface area contributed by atoms with Gasteiger partial charge in [-0.25, -0.2) is 8.42 Å². The van der Waals surface area contributed by atoms with Crippen LogP contribution in [0.3, 0.4) is 0 Å². The van der Waals surface area contributed by atoms with Crippen molar-refractivity contribution in [3.05, 3.63) is 66.0 Å². The van der Waals surface area contributed by atoms with Gasteiger partial charge in [-0.15, -0.1) is 0 Å². The average Bonchev–Trinajstić information content (AvgIpc) is 2.89. The summed E-state index contributed by atoms with van der Waals surface area (Å²) in [6, 6.07) is 11.5. The highest BCUT2D eigenvalue weighted by Crippen LogP contribution is 2.42. The van der Waals surface area contributed by atoms with Crippen LogP contribution in [0.2, 0.25) is 0 Å². The minimum Gasteiger partial charge on any atom is -0.454 e. The van der Waals surface area contributed by atoms with E-state index < -0.39 is 15.9 Å². The summed E-state index contributed by atoms with van der Waals surface area (Å²) in [4.78, 5) is 16.9. The number of carbonyl (C=O) groups is 1. The molecule has 9 heteroatoms. The van der Waals surface area contributed by atoms with Gasteiger partial charge in [0.15, 0.2) is 11.5 Å². The number of aromatic nitrogens is 1. The van der Waals surface area contributed by atoms with Gasteiger partial charge < -0.3 is 14.8 Å². The molecule has 1 amide bonds. The van der Waals surface area contributed by atoms with Crippen molar-refractivity contribution in [2.45, 2.75) is 25.7 Å². The lowest BCUT2D eigenvalue weighted by Crippen LogP contribution is -2.31. The van der Waals surface area contributed by atoms with Crippen LogP contribution < -0.4 is 14.8 Å². The normalized spacial score (nSPS) is 12.9. The van der Waals surface area contributed by atoms with E-state index in [9.17, 15) is 13.2 Å². The highest BCUT2D eigenvalue weighted by Gasteiger charge is 2.31. The largest absolute Gasteiger partial charge is 0.454 e. The van der Waals surface area contributed by atoms with E-state index in [4.69, 9.17) is 9.47 Å². The lowest BCUT2D eigenvalue weighted by molar-refractivity contribution is 0.102. The van der Waals surface area contributed by atoms with E-state index >= 15 is 0 Å². The third kappa shape index (κ3) is 4.04. The summed E-state index contributed by atoms with van der Waals surface area (Å²) in [5.41, 5.74) is 1.56. The Kier molecular flexibility index (Phi) is 5.86. The number of nitrogens with one attached hydrogen (secondary N) is 1. The van der Waals surface area contributed by atoms with Crippen LogP contribution in [0.5, 0.6) is 23.0 Å². The van der Waals surface area contributed by atoms with Gasteiger partial charge in [0.25, 0.3) is 5.91 Å². The van der Waals surface area contributed by atoms with Crippen molar-refractivity contribution < 1.29 is 22.7 Å². The third-order valence-electron chi connectivity index (χ3n) is 5.08. The average molecular weight is 454 g/mol. The number of benzene rings is 2. The minimum atomic E-state index is -3.94. The van der Waals surface area contributed by atoms with Crippen molar-refractivity contribution in [2.24, 2.45) is 0 Å². The number of hydrogen-bond acceptors (Lipinski definition) is 6. The van der Waals surface area contributed by atoms with Crippen LogP contribution in [0.1, 0.15) is 29.8 Å². The van der Waals surface area contributed by atoms with Crippen molar-refractivity contribution in [1.29, 1.82) is 0 Å². The fraction of sp³-hybridized carbons (Fsp3) is 0.217. The SMILES string of the molecule is CCN(CC)S(=O)(=O)c1cc2c(cc1Oc1cccnc1)Oc1ccc(C)cc1NC2=O. The van der Waals surface area contributed by atoms with Gasteiger partial charge in [-0.2, -0.15) is 4.31 Å². The highest BCUT2D eigenvalue weighted by atomic mass is 32.2. The monoisotopic (exact) mass is 453 g/mol. The number of amides is 1. The van der Waals surface area contributed by atoms with Gasteiger partial charge in [-0.3, -0.25) is 9.78 Å². The Balaban J connectivity index is 1.90. The van der Waals surface area contributed by atoms with E-state index in [-0.39, 0.29) is 35.0 Å². The molecule has 3 aromatic rings. The molecule has 1 N–H and O–H groups in total. The van der Waals surface area contributed by atoms with Crippen LogP contribution in [0.25, 0.3) is 0 Å². The van der Waals surface area contributed by atoms with Crippen molar-refractivity contribution >= 4 is 21.6 Å². The zero-order valence-electron chi connectivity index (χ0n) is 18.0. The van der Waals surface area contributed by atoms with E-state index in [1.165, 1.54) is 22.6 Å². The van der Waals surface area contributed by atoms with E-state index in [1.54, 1.807) is 44.3 Å². The molecule has 2 aromatic carbocycles. The molecule has 0 atom stereocenters. The number of pyridine rings is 1. The molecule has 0 spiro atoms. The number of rotatable bonds is 6. The second-order valence-electron chi connectivity index (χ2n) is 7.23. The molecule has 166 valence electrons. The maximum Gasteiger partial charge on any atom is 0.259 e. The van der Waals surface area contributed by atoms with Gasteiger partial charge in [-0.05, 0) is 42.8 Å². The topological polar surface area (TPSA) is 97.8 Å². The van der Waals surface area contributed by atoms with Crippen molar-refractivity contribution in [3.63, 3.8) is 0 Å². The van der Waals surface area contributed by atoms with E-state index in [2.05, 4.69) is 10.3 Å². The number of nitrogens with zero attached hydrogens (tertiary/aromatic N) is 2. The summed E-state index contributed by atoms with van der Waals surface area (Å²) in [7, 11) is -3.94. The Bertz CT molecular complexity index is 1270. The first-order valence-electron chi connectivity index (χ1n) is 10.2. The summed E-state index contributed by atoms with van der Waals surface area (Å²) in [6.45, 7) is 5.95. The minimum absolute atomic E-state index is 0.0482. The summed E-state index contributed by atoms with van der Waals surface area (Å²) >= 11 is 0. The Morgan fingerprint density at radius 1 is 1.09 bits per heavy atom. The molecule has 1 aliphatic rings. The first-order chi connectivity index (χ1) is 15.3. The van der Waals surface area contributed by atoms with Crippen LogP contribution >= 0.6 is 0 Å².